The Balaban J connectivity index is 1.74. The summed E-state index contributed by atoms with van der Waals surface area (Å²) in [5.41, 5.74) is 2.43. The SMILES string of the molecule is Cc1ccc(NC(=O)c2c(C)sc3c(=O)n(C4CC4)cnc23)cc1Cl. The highest BCUT2D eigenvalue weighted by molar-refractivity contribution is 7.19. The number of aryl methyl sites for hydroxylation is 2. The van der Waals surface area contributed by atoms with Crippen molar-refractivity contribution in [2.45, 2.75) is 32.7 Å². The van der Waals surface area contributed by atoms with Gasteiger partial charge in [0.1, 0.15) is 10.2 Å². The smallest absolute Gasteiger partial charge is 0.271 e. The summed E-state index contributed by atoms with van der Waals surface area (Å²) in [5.74, 6) is -0.278. The molecule has 5 nitrogen and oxygen atoms in total. The van der Waals surface area contributed by atoms with E-state index in [1.165, 1.54) is 11.3 Å². The molecule has 25 heavy (non-hydrogen) atoms. The molecule has 0 radical (unpaired) electrons. The highest BCUT2D eigenvalue weighted by Crippen LogP contribution is 2.35. The Bertz CT molecular complexity index is 1070. The van der Waals surface area contributed by atoms with Crippen molar-refractivity contribution in [1.82, 2.24) is 9.55 Å². The summed E-state index contributed by atoms with van der Waals surface area (Å²) >= 11 is 7.44. The van der Waals surface area contributed by atoms with Gasteiger partial charge in [-0.2, -0.15) is 0 Å². The number of benzene rings is 1. The molecule has 128 valence electrons. The number of amides is 1. The maximum absolute atomic E-state index is 12.8. The minimum absolute atomic E-state index is 0.0574. The van der Waals surface area contributed by atoms with Crippen molar-refractivity contribution in [2.24, 2.45) is 0 Å². The zero-order valence-electron chi connectivity index (χ0n) is 13.8. The van der Waals surface area contributed by atoms with Gasteiger partial charge >= 0.3 is 0 Å². The lowest BCUT2D eigenvalue weighted by Crippen LogP contribution is -2.19. The van der Waals surface area contributed by atoms with Crippen LogP contribution >= 0.6 is 22.9 Å². The van der Waals surface area contributed by atoms with E-state index >= 15 is 0 Å². The first-order valence-corrected chi connectivity index (χ1v) is 9.23. The van der Waals surface area contributed by atoms with Crippen LogP contribution in [0.4, 0.5) is 5.69 Å². The lowest BCUT2D eigenvalue weighted by atomic mass is 10.2. The third-order valence-corrected chi connectivity index (χ3v) is 5.89. The fraction of sp³-hybridized carbons (Fsp3) is 0.278. The quantitative estimate of drug-likeness (QED) is 0.743. The summed E-state index contributed by atoms with van der Waals surface area (Å²) in [6.45, 7) is 3.74. The molecular weight excluding hydrogens is 358 g/mol. The number of aromatic nitrogens is 2. The zero-order chi connectivity index (χ0) is 17.7. The van der Waals surface area contributed by atoms with Crippen molar-refractivity contribution >= 4 is 44.7 Å². The number of halogens is 1. The number of nitrogens with zero attached hydrogens (tertiary/aromatic N) is 2. The van der Waals surface area contributed by atoms with Gasteiger partial charge in [0.2, 0.25) is 0 Å². The van der Waals surface area contributed by atoms with E-state index in [2.05, 4.69) is 10.3 Å². The topological polar surface area (TPSA) is 64.0 Å². The lowest BCUT2D eigenvalue weighted by Gasteiger charge is -2.07. The molecule has 0 saturated heterocycles. The maximum atomic E-state index is 12.8. The van der Waals surface area contributed by atoms with Crippen molar-refractivity contribution in [1.29, 1.82) is 0 Å². The van der Waals surface area contributed by atoms with Crippen LogP contribution in [-0.2, 0) is 0 Å². The maximum Gasteiger partial charge on any atom is 0.271 e. The van der Waals surface area contributed by atoms with Gasteiger partial charge in [-0.05, 0) is 44.4 Å². The number of hydrogen-bond acceptors (Lipinski definition) is 4. The number of anilines is 1. The molecule has 4 rings (SSSR count). The van der Waals surface area contributed by atoms with Gasteiger partial charge in [-0.25, -0.2) is 4.98 Å². The average Bonchev–Trinajstić information content (AvgIpc) is 3.33. The Morgan fingerprint density at radius 3 is 2.80 bits per heavy atom. The molecule has 1 aliphatic rings. The fourth-order valence-corrected chi connectivity index (χ4v) is 4.06. The third kappa shape index (κ3) is 2.85. The Morgan fingerprint density at radius 2 is 2.12 bits per heavy atom. The predicted molar refractivity (Wildman–Crippen MR) is 101 cm³/mol. The molecule has 7 heteroatoms. The van der Waals surface area contributed by atoms with E-state index in [0.717, 1.165) is 23.3 Å². The Kier molecular flexibility index (Phi) is 3.89. The van der Waals surface area contributed by atoms with E-state index in [9.17, 15) is 9.59 Å². The lowest BCUT2D eigenvalue weighted by molar-refractivity contribution is 0.102. The average molecular weight is 374 g/mol. The molecule has 2 heterocycles. The summed E-state index contributed by atoms with van der Waals surface area (Å²) in [5, 5.41) is 3.44. The van der Waals surface area contributed by atoms with Crippen LogP contribution in [0.2, 0.25) is 5.02 Å². The molecule has 1 N–H and O–H groups in total. The fourth-order valence-electron chi connectivity index (χ4n) is 2.83. The van der Waals surface area contributed by atoms with Crippen LogP contribution in [0.25, 0.3) is 10.2 Å². The van der Waals surface area contributed by atoms with Gasteiger partial charge in [0.05, 0.1) is 11.9 Å². The van der Waals surface area contributed by atoms with E-state index in [-0.39, 0.29) is 17.5 Å². The standard InChI is InChI=1S/C18H16ClN3O2S/c1-9-3-4-11(7-13(9)19)21-17(23)14-10(2)25-16-15(14)20-8-22(18(16)24)12-5-6-12/h3-4,7-8,12H,5-6H2,1-2H3,(H,21,23). The van der Waals surface area contributed by atoms with Gasteiger partial charge in [0, 0.05) is 21.6 Å². The summed E-state index contributed by atoms with van der Waals surface area (Å²) < 4.78 is 2.22. The molecule has 1 fully saturated rings. The van der Waals surface area contributed by atoms with Crippen LogP contribution in [0, 0.1) is 13.8 Å². The Labute approximate surface area is 153 Å². The van der Waals surface area contributed by atoms with Crippen molar-refractivity contribution in [3.05, 3.63) is 55.9 Å². The molecule has 2 aromatic heterocycles. The number of nitrogens with one attached hydrogen (secondary N) is 1. The second-order valence-corrected chi connectivity index (χ2v) is 7.95. The van der Waals surface area contributed by atoms with Crippen LogP contribution in [0.1, 0.15) is 39.7 Å². The highest BCUT2D eigenvalue weighted by Gasteiger charge is 2.27. The van der Waals surface area contributed by atoms with Crippen molar-refractivity contribution in [3.63, 3.8) is 0 Å². The zero-order valence-corrected chi connectivity index (χ0v) is 15.4. The predicted octanol–water partition coefficient (Wildman–Crippen LogP) is 4.32. The van der Waals surface area contributed by atoms with Crippen LogP contribution in [-0.4, -0.2) is 15.5 Å². The summed E-state index contributed by atoms with van der Waals surface area (Å²) in [6.07, 6.45) is 3.59. The summed E-state index contributed by atoms with van der Waals surface area (Å²) in [7, 11) is 0. The first-order chi connectivity index (χ1) is 12.0. The molecule has 0 unspecified atom stereocenters. The van der Waals surface area contributed by atoms with Gasteiger partial charge in [0.25, 0.3) is 11.5 Å². The number of fused-ring (bicyclic) bond motifs is 1. The monoisotopic (exact) mass is 373 g/mol. The van der Waals surface area contributed by atoms with E-state index < -0.39 is 0 Å². The third-order valence-electron chi connectivity index (χ3n) is 4.40. The largest absolute Gasteiger partial charge is 0.322 e. The van der Waals surface area contributed by atoms with Crippen LogP contribution in [0.5, 0.6) is 0 Å². The number of hydrogen-bond donors (Lipinski definition) is 1. The molecule has 0 atom stereocenters. The van der Waals surface area contributed by atoms with Crippen LogP contribution in [0.15, 0.2) is 29.3 Å². The molecule has 1 saturated carbocycles. The molecule has 0 bridgehead atoms. The van der Waals surface area contributed by atoms with Crippen molar-refractivity contribution in [3.8, 4) is 0 Å². The molecular formula is C18H16ClN3O2S. The van der Waals surface area contributed by atoms with Gasteiger partial charge in [-0.15, -0.1) is 11.3 Å². The molecule has 0 spiro atoms. The van der Waals surface area contributed by atoms with Crippen molar-refractivity contribution < 1.29 is 4.79 Å². The number of carbonyl (C=O) groups excluding carboxylic acids is 1. The van der Waals surface area contributed by atoms with E-state index in [1.54, 1.807) is 23.0 Å². The number of thiophene rings is 1. The minimum atomic E-state index is -0.278. The molecule has 1 amide bonds. The number of carbonyl (C=O) groups is 1. The van der Waals surface area contributed by atoms with E-state index in [0.29, 0.717) is 26.5 Å². The summed E-state index contributed by atoms with van der Waals surface area (Å²) in [4.78, 5) is 30.6. The van der Waals surface area contributed by atoms with Gasteiger partial charge in [-0.3, -0.25) is 14.2 Å². The molecule has 1 aromatic carbocycles. The van der Waals surface area contributed by atoms with Crippen LogP contribution < -0.4 is 10.9 Å². The second kappa shape index (κ2) is 5.97. The summed E-state index contributed by atoms with van der Waals surface area (Å²) in [6, 6.07) is 5.63. The number of rotatable bonds is 3. The van der Waals surface area contributed by atoms with Gasteiger partial charge in [0.15, 0.2) is 0 Å². The second-order valence-electron chi connectivity index (χ2n) is 6.32. The van der Waals surface area contributed by atoms with Gasteiger partial charge in [-0.1, -0.05) is 17.7 Å². The van der Waals surface area contributed by atoms with E-state index in [1.807, 2.05) is 19.9 Å². The van der Waals surface area contributed by atoms with E-state index in [4.69, 9.17) is 11.6 Å². The van der Waals surface area contributed by atoms with Crippen molar-refractivity contribution in [2.75, 3.05) is 5.32 Å². The Morgan fingerprint density at radius 1 is 1.36 bits per heavy atom. The van der Waals surface area contributed by atoms with Gasteiger partial charge < -0.3 is 5.32 Å². The molecule has 0 aliphatic heterocycles. The first-order valence-electron chi connectivity index (χ1n) is 8.03. The first kappa shape index (κ1) is 16.3. The van der Waals surface area contributed by atoms with Crippen LogP contribution in [0.3, 0.4) is 0 Å². The normalized spacial score (nSPS) is 14.0. The molecule has 3 aromatic rings. The Hall–Kier alpha value is -2.18. The minimum Gasteiger partial charge on any atom is -0.322 e. The highest BCUT2D eigenvalue weighted by atomic mass is 35.5. The molecule has 1 aliphatic carbocycles.